The third-order valence-electron chi connectivity index (χ3n) is 7.76. The van der Waals surface area contributed by atoms with Crippen molar-refractivity contribution in [2.24, 2.45) is 5.92 Å². The van der Waals surface area contributed by atoms with Crippen LogP contribution in [0.5, 0.6) is 0 Å². The number of aliphatic hydroxyl groups excluding tert-OH is 1. The van der Waals surface area contributed by atoms with Gasteiger partial charge in [0.2, 0.25) is 0 Å². The number of aryl methyl sites for hydroxylation is 1. The van der Waals surface area contributed by atoms with Crippen molar-refractivity contribution in [1.29, 1.82) is 0 Å². The first kappa shape index (κ1) is 22.8. The first-order valence-electron chi connectivity index (χ1n) is 12.2. The Morgan fingerprint density at radius 2 is 2.00 bits per heavy atom. The van der Waals surface area contributed by atoms with E-state index in [4.69, 9.17) is 0 Å². The summed E-state index contributed by atoms with van der Waals surface area (Å²) in [5.41, 5.74) is 6.04. The Morgan fingerprint density at radius 3 is 2.79 bits per heavy atom. The van der Waals surface area contributed by atoms with Gasteiger partial charge in [-0.1, -0.05) is 36.4 Å². The van der Waals surface area contributed by atoms with Crippen molar-refractivity contribution in [2.75, 3.05) is 18.9 Å². The van der Waals surface area contributed by atoms with Crippen LogP contribution in [0.1, 0.15) is 52.0 Å². The van der Waals surface area contributed by atoms with Crippen molar-refractivity contribution in [3.63, 3.8) is 0 Å². The van der Waals surface area contributed by atoms with E-state index in [0.29, 0.717) is 11.5 Å². The van der Waals surface area contributed by atoms with Gasteiger partial charge in [0, 0.05) is 30.3 Å². The summed E-state index contributed by atoms with van der Waals surface area (Å²) >= 11 is 0. The van der Waals surface area contributed by atoms with Crippen LogP contribution in [0.2, 0.25) is 0 Å². The second-order valence-electron chi connectivity index (χ2n) is 10.1. The smallest absolute Gasteiger partial charge is 0.255 e. The predicted octanol–water partition coefficient (Wildman–Crippen LogP) is 4.73. The molecule has 1 aliphatic carbocycles. The molecule has 3 atom stereocenters. The first-order chi connectivity index (χ1) is 16.4. The van der Waals surface area contributed by atoms with Crippen LogP contribution in [0.25, 0.3) is 0 Å². The number of rotatable bonds is 4. The highest BCUT2D eigenvalue weighted by atomic mass is 16.3. The molecular weight excluding hydrogens is 422 g/mol. The minimum absolute atomic E-state index is 0.0460. The number of nitrogens with zero attached hydrogens (tertiary/aromatic N) is 2. The summed E-state index contributed by atoms with van der Waals surface area (Å²) in [6, 6.07) is 20.6. The number of benzene rings is 2. The average Bonchev–Trinajstić information content (AvgIpc) is 2.94. The molecule has 1 amide bonds. The van der Waals surface area contributed by atoms with E-state index >= 15 is 0 Å². The van der Waals surface area contributed by atoms with E-state index in [2.05, 4.69) is 64.7 Å². The second kappa shape index (κ2) is 9.32. The number of carbonyl (C=O) groups is 1. The third kappa shape index (κ3) is 4.38. The zero-order valence-electron chi connectivity index (χ0n) is 20.0. The summed E-state index contributed by atoms with van der Waals surface area (Å²) in [5.74, 6) is 0.249. The van der Waals surface area contributed by atoms with Gasteiger partial charge in [0.05, 0.1) is 17.5 Å². The highest BCUT2D eigenvalue weighted by Crippen LogP contribution is 2.49. The lowest BCUT2D eigenvalue weighted by Crippen LogP contribution is -2.46. The fraction of sp³-hybridized carbons (Fsp3) is 0.379. The minimum Gasteiger partial charge on any atom is -0.393 e. The molecule has 5 rings (SSSR count). The number of aliphatic hydroxyl groups is 1. The van der Waals surface area contributed by atoms with E-state index in [0.717, 1.165) is 50.2 Å². The molecule has 0 unspecified atom stereocenters. The molecule has 1 aliphatic heterocycles. The fourth-order valence-electron chi connectivity index (χ4n) is 6.09. The molecule has 2 aliphatic rings. The number of fused-ring (bicyclic) bond motifs is 3. The van der Waals surface area contributed by atoms with Gasteiger partial charge in [-0.3, -0.25) is 9.78 Å². The molecule has 1 fully saturated rings. The largest absolute Gasteiger partial charge is 0.393 e. The predicted molar refractivity (Wildman–Crippen MR) is 135 cm³/mol. The maximum atomic E-state index is 13.1. The summed E-state index contributed by atoms with van der Waals surface area (Å²) in [6.45, 7) is 3.63. The molecule has 0 radical (unpaired) electrons. The fourth-order valence-corrected chi connectivity index (χ4v) is 6.09. The zero-order chi connectivity index (χ0) is 23.7. The normalized spacial score (nSPS) is 24.6. The molecule has 2 heterocycles. The highest BCUT2D eigenvalue weighted by molar-refractivity contribution is 6.04. The summed E-state index contributed by atoms with van der Waals surface area (Å²) in [4.78, 5) is 19.8. The van der Waals surface area contributed by atoms with Crippen LogP contribution < -0.4 is 5.32 Å². The Balaban J connectivity index is 1.54. The molecule has 34 heavy (non-hydrogen) atoms. The average molecular weight is 456 g/mol. The van der Waals surface area contributed by atoms with Gasteiger partial charge in [-0.05, 0) is 86.5 Å². The Bertz CT molecular complexity index is 1180. The molecule has 1 aromatic heterocycles. The van der Waals surface area contributed by atoms with Crippen molar-refractivity contribution in [3.8, 4) is 0 Å². The highest BCUT2D eigenvalue weighted by Gasteiger charge is 2.47. The molecule has 2 aromatic carbocycles. The van der Waals surface area contributed by atoms with Crippen molar-refractivity contribution < 1.29 is 9.90 Å². The van der Waals surface area contributed by atoms with Crippen molar-refractivity contribution in [1.82, 2.24) is 9.88 Å². The lowest BCUT2D eigenvalue weighted by Gasteiger charge is -2.46. The molecule has 0 spiro atoms. The van der Waals surface area contributed by atoms with Gasteiger partial charge < -0.3 is 15.3 Å². The Hall–Kier alpha value is -3.02. The zero-order valence-corrected chi connectivity index (χ0v) is 20.0. The number of hydrogen-bond donors (Lipinski definition) is 2. The Labute approximate surface area is 201 Å². The number of aromatic nitrogens is 1. The molecule has 0 saturated heterocycles. The van der Waals surface area contributed by atoms with E-state index in [1.165, 1.54) is 16.7 Å². The van der Waals surface area contributed by atoms with Gasteiger partial charge in [0.1, 0.15) is 0 Å². The third-order valence-corrected chi connectivity index (χ3v) is 7.76. The van der Waals surface area contributed by atoms with E-state index in [9.17, 15) is 9.90 Å². The lowest BCUT2D eigenvalue weighted by atomic mass is 9.59. The number of hydrogen-bond acceptors (Lipinski definition) is 4. The molecule has 3 aromatic rings. The molecule has 2 N–H and O–H groups in total. The summed E-state index contributed by atoms with van der Waals surface area (Å²) in [6.07, 6.45) is 5.03. The molecular formula is C29H33N3O2. The maximum absolute atomic E-state index is 13.1. The number of carbonyl (C=O) groups excluding carboxylic acids is 1. The van der Waals surface area contributed by atoms with Crippen LogP contribution in [0.15, 0.2) is 66.9 Å². The van der Waals surface area contributed by atoms with Gasteiger partial charge in [-0.2, -0.15) is 0 Å². The quantitative estimate of drug-likeness (QED) is 0.597. The van der Waals surface area contributed by atoms with Crippen LogP contribution >= 0.6 is 0 Å². The minimum atomic E-state index is -0.239. The molecule has 5 nitrogen and oxygen atoms in total. The number of amides is 1. The van der Waals surface area contributed by atoms with Crippen molar-refractivity contribution in [3.05, 3.63) is 94.8 Å². The molecule has 0 bridgehead atoms. The molecule has 176 valence electrons. The monoisotopic (exact) mass is 455 g/mol. The van der Waals surface area contributed by atoms with Crippen LogP contribution in [0, 0.1) is 12.8 Å². The first-order valence-corrected chi connectivity index (χ1v) is 12.2. The standard InChI is InChI=1S/C29H33N3O2/c1-20-27(9-6-14-30-20)31-28(34)22-10-11-26-23(15-22)18-32(2)19-24-16-25(33)12-13-29(24,26)17-21-7-4-3-5-8-21/h3-11,14-15,24-25,33H,12-13,16-19H2,1-2H3,(H,31,34)/t24-,25+,29+/m1/s1. The number of pyridine rings is 1. The van der Waals surface area contributed by atoms with Crippen molar-refractivity contribution >= 4 is 11.6 Å². The maximum Gasteiger partial charge on any atom is 0.255 e. The van der Waals surface area contributed by atoms with Crippen LogP contribution in [-0.2, 0) is 18.4 Å². The second-order valence-corrected chi connectivity index (χ2v) is 10.1. The van der Waals surface area contributed by atoms with E-state index in [1.807, 2.05) is 25.1 Å². The van der Waals surface area contributed by atoms with Crippen LogP contribution in [0.4, 0.5) is 5.69 Å². The van der Waals surface area contributed by atoms with E-state index < -0.39 is 0 Å². The lowest BCUT2D eigenvalue weighted by molar-refractivity contribution is 0.0391. The van der Waals surface area contributed by atoms with Crippen LogP contribution in [0.3, 0.4) is 0 Å². The summed E-state index contributed by atoms with van der Waals surface area (Å²) in [7, 11) is 2.15. The molecule has 1 saturated carbocycles. The van der Waals surface area contributed by atoms with Gasteiger partial charge in [-0.15, -0.1) is 0 Å². The van der Waals surface area contributed by atoms with E-state index in [1.54, 1.807) is 6.20 Å². The SMILES string of the molecule is Cc1ncccc1NC(=O)c1ccc2c(c1)CN(C)C[C@H]1C[C@@H](O)CC[C@@]21Cc1ccccc1. The number of anilines is 1. The van der Waals surface area contributed by atoms with Gasteiger partial charge in [0.15, 0.2) is 0 Å². The summed E-state index contributed by atoms with van der Waals surface area (Å²) < 4.78 is 0. The van der Waals surface area contributed by atoms with E-state index in [-0.39, 0.29) is 17.4 Å². The van der Waals surface area contributed by atoms with Gasteiger partial charge in [-0.25, -0.2) is 0 Å². The van der Waals surface area contributed by atoms with Gasteiger partial charge in [0.25, 0.3) is 5.91 Å². The van der Waals surface area contributed by atoms with Crippen LogP contribution in [-0.4, -0.2) is 40.6 Å². The Morgan fingerprint density at radius 1 is 1.18 bits per heavy atom. The Kier molecular flexibility index (Phi) is 6.24. The van der Waals surface area contributed by atoms with Gasteiger partial charge >= 0.3 is 0 Å². The topological polar surface area (TPSA) is 65.5 Å². The summed E-state index contributed by atoms with van der Waals surface area (Å²) in [5, 5.41) is 13.6. The number of nitrogens with one attached hydrogen (secondary N) is 1. The van der Waals surface area contributed by atoms with Crippen molar-refractivity contribution in [2.45, 2.75) is 50.7 Å². The molecule has 5 heteroatoms.